The van der Waals surface area contributed by atoms with Crippen LogP contribution in [0.4, 0.5) is 0 Å². The molecule has 2 aliphatic rings. The van der Waals surface area contributed by atoms with Crippen LogP contribution < -0.4 is 0 Å². The van der Waals surface area contributed by atoms with Gasteiger partial charge in [-0.3, -0.25) is 0 Å². The third-order valence-corrected chi connectivity index (χ3v) is 4.60. The third-order valence-electron chi connectivity index (χ3n) is 4.60. The second-order valence-electron chi connectivity index (χ2n) is 6.17. The maximum Gasteiger partial charge on any atom is 0.0644 e. The molecule has 20 heavy (non-hydrogen) atoms. The molecule has 1 N–H and O–H groups in total. The second-order valence-corrected chi connectivity index (χ2v) is 6.17. The van der Waals surface area contributed by atoms with Gasteiger partial charge in [-0.1, -0.05) is 61.1 Å². The molecule has 0 aromatic heterocycles. The Kier molecular flexibility index (Phi) is 3.39. The van der Waals surface area contributed by atoms with Gasteiger partial charge in [0.1, 0.15) is 0 Å². The van der Waals surface area contributed by atoms with Gasteiger partial charge >= 0.3 is 0 Å². The minimum atomic E-state index is -0.149. The van der Waals surface area contributed by atoms with Gasteiger partial charge in [0.15, 0.2) is 0 Å². The van der Waals surface area contributed by atoms with E-state index in [9.17, 15) is 5.11 Å². The van der Waals surface area contributed by atoms with E-state index in [1.54, 1.807) is 0 Å². The van der Waals surface area contributed by atoms with Gasteiger partial charge in [0.05, 0.1) is 6.10 Å². The monoisotopic (exact) mass is 266 g/mol. The molecule has 1 aromatic carbocycles. The number of aliphatic hydroxyl groups is 1. The molecule has 2 aliphatic carbocycles. The van der Waals surface area contributed by atoms with E-state index in [2.05, 4.69) is 69.4 Å². The molecular formula is C19H22O. The van der Waals surface area contributed by atoms with Crippen molar-refractivity contribution in [1.29, 1.82) is 0 Å². The van der Waals surface area contributed by atoms with E-state index in [0.717, 1.165) is 0 Å². The first-order chi connectivity index (χ1) is 9.58. The van der Waals surface area contributed by atoms with Crippen LogP contribution in [0.15, 0.2) is 54.2 Å². The fourth-order valence-corrected chi connectivity index (χ4v) is 3.18. The zero-order valence-corrected chi connectivity index (χ0v) is 12.4. The summed E-state index contributed by atoms with van der Waals surface area (Å²) in [4.78, 5) is 0. The first kappa shape index (κ1) is 13.4. The van der Waals surface area contributed by atoms with Crippen molar-refractivity contribution in [3.8, 4) is 0 Å². The van der Waals surface area contributed by atoms with Gasteiger partial charge in [0.2, 0.25) is 0 Å². The largest absolute Gasteiger partial charge is 0.392 e. The summed E-state index contributed by atoms with van der Waals surface area (Å²) in [6.45, 7) is 6.42. The van der Waals surface area contributed by atoms with E-state index >= 15 is 0 Å². The molecule has 1 heteroatoms. The van der Waals surface area contributed by atoms with Gasteiger partial charge in [-0.25, -0.2) is 0 Å². The molecule has 0 radical (unpaired) electrons. The Bertz CT molecular complexity index is 598. The van der Waals surface area contributed by atoms with Crippen molar-refractivity contribution in [2.24, 2.45) is 5.92 Å². The fourth-order valence-electron chi connectivity index (χ4n) is 3.18. The summed E-state index contributed by atoms with van der Waals surface area (Å²) in [5, 5.41) is 9.83. The predicted octanol–water partition coefficient (Wildman–Crippen LogP) is 4.25. The van der Waals surface area contributed by atoms with Crippen LogP contribution in [0.25, 0.3) is 0 Å². The van der Waals surface area contributed by atoms with E-state index in [-0.39, 0.29) is 6.10 Å². The van der Waals surface area contributed by atoms with Crippen LogP contribution in [0, 0.1) is 12.8 Å². The molecule has 3 rings (SSSR count). The second kappa shape index (κ2) is 5.06. The van der Waals surface area contributed by atoms with Crippen molar-refractivity contribution in [3.05, 3.63) is 70.8 Å². The molecule has 0 amide bonds. The van der Waals surface area contributed by atoms with E-state index in [4.69, 9.17) is 0 Å². The Morgan fingerprint density at radius 1 is 1.10 bits per heavy atom. The summed E-state index contributed by atoms with van der Waals surface area (Å²) in [6, 6.07) is 6.69. The minimum Gasteiger partial charge on any atom is -0.392 e. The van der Waals surface area contributed by atoms with Crippen molar-refractivity contribution in [2.45, 2.75) is 38.7 Å². The van der Waals surface area contributed by atoms with Gasteiger partial charge in [-0.15, -0.1) is 0 Å². The highest BCUT2D eigenvalue weighted by molar-refractivity contribution is 5.43. The minimum absolute atomic E-state index is 0.149. The molecule has 0 saturated heterocycles. The van der Waals surface area contributed by atoms with Gasteiger partial charge in [0.25, 0.3) is 0 Å². The molecule has 4 atom stereocenters. The van der Waals surface area contributed by atoms with E-state index < -0.39 is 0 Å². The number of aryl methyl sites for hydroxylation is 1. The molecule has 1 nitrogen and oxygen atoms in total. The third kappa shape index (κ3) is 2.38. The standard InChI is InChI=1S/C19H22O/c1-12-6-4-5-7-15(10-12)16-8-9-17(13(2)11-16)18-14(3)19(18)20/h4-11,14-15,18-20H,1-3H3/t14?,15-,18?,19?/m1/s1. The van der Waals surface area contributed by atoms with Crippen molar-refractivity contribution in [1.82, 2.24) is 0 Å². The number of hydrogen-bond donors (Lipinski definition) is 1. The predicted molar refractivity (Wildman–Crippen MR) is 83.9 cm³/mol. The smallest absolute Gasteiger partial charge is 0.0644 e. The molecule has 1 fully saturated rings. The zero-order valence-electron chi connectivity index (χ0n) is 12.4. The molecular weight excluding hydrogens is 244 g/mol. The van der Waals surface area contributed by atoms with Crippen LogP contribution >= 0.6 is 0 Å². The topological polar surface area (TPSA) is 20.2 Å². The molecule has 3 unspecified atom stereocenters. The first-order valence-corrected chi connectivity index (χ1v) is 7.39. The highest BCUT2D eigenvalue weighted by Gasteiger charge is 2.46. The number of benzene rings is 1. The van der Waals surface area contributed by atoms with E-state index in [1.165, 1.54) is 22.3 Å². The summed E-state index contributed by atoms with van der Waals surface area (Å²) in [5.74, 6) is 1.09. The summed E-state index contributed by atoms with van der Waals surface area (Å²) < 4.78 is 0. The highest BCUT2D eigenvalue weighted by Crippen LogP contribution is 2.48. The van der Waals surface area contributed by atoms with Crippen LogP contribution in [0.3, 0.4) is 0 Å². The quantitative estimate of drug-likeness (QED) is 0.848. The summed E-state index contributed by atoms with van der Waals surface area (Å²) in [7, 11) is 0. The SMILES string of the molecule is CC1=C[C@H](c2ccc(C3C(C)C3O)c(C)c2)C=CC=C1. The van der Waals surface area contributed by atoms with Gasteiger partial charge in [-0.05, 0) is 36.5 Å². The molecule has 104 valence electrons. The molecule has 0 aliphatic heterocycles. The average Bonchev–Trinajstić information content (AvgIpc) is 3.07. The lowest BCUT2D eigenvalue weighted by atomic mass is 9.92. The molecule has 0 bridgehead atoms. The summed E-state index contributed by atoms with van der Waals surface area (Å²) >= 11 is 0. The van der Waals surface area contributed by atoms with Gasteiger partial charge in [-0.2, -0.15) is 0 Å². The summed E-state index contributed by atoms with van der Waals surface area (Å²) in [6.07, 6.45) is 10.7. The first-order valence-electron chi connectivity index (χ1n) is 7.39. The van der Waals surface area contributed by atoms with Gasteiger partial charge in [0, 0.05) is 11.8 Å². The van der Waals surface area contributed by atoms with Gasteiger partial charge < -0.3 is 5.11 Å². The lowest BCUT2D eigenvalue weighted by Gasteiger charge is -2.13. The summed E-state index contributed by atoms with van der Waals surface area (Å²) in [5.41, 5.74) is 5.24. The van der Waals surface area contributed by atoms with Crippen molar-refractivity contribution in [2.75, 3.05) is 0 Å². The van der Waals surface area contributed by atoms with Crippen LogP contribution in [0.5, 0.6) is 0 Å². The number of hydrogen-bond acceptors (Lipinski definition) is 1. The maximum absolute atomic E-state index is 9.83. The lowest BCUT2D eigenvalue weighted by Crippen LogP contribution is -1.96. The Balaban J connectivity index is 1.89. The lowest BCUT2D eigenvalue weighted by molar-refractivity contribution is 0.258. The fraction of sp³-hybridized carbons (Fsp3) is 0.368. The molecule has 1 saturated carbocycles. The van der Waals surface area contributed by atoms with Crippen LogP contribution in [0.2, 0.25) is 0 Å². The van der Waals surface area contributed by atoms with Crippen LogP contribution in [0.1, 0.15) is 42.4 Å². The maximum atomic E-state index is 9.83. The van der Waals surface area contributed by atoms with Crippen molar-refractivity contribution in [3.63, 3.8) is 0 Å². The van der Waals surface area contributed by atoms with Crippen LogP contribution in [-0.4, -0.2) is 11.2 Å². The number of rotatable bonds is 2. The molecule has 0 heterocycles. The van der Waals surface area contributed by atoms with E-state index in [0.29, 0.717) is 17.8 Å². The number of allylic oxidation sites excluding steroid dienone is 6. The van der Waals surface area contributed by atoms with Crippen molar-refractivity contribution >= 4 is 0 Å². The molecule has 0 spiro atoms. The van der Waals surface area contributed by atoms with Crippen molar-refractivity contribution < 1.29 is 5.11 Å². The van der Waals surface area contributed by atoms with Crippen LogP contribution in [-0.2, 0) is 0 Å². The highest BCUT2D eigenvalue weighted by atomic mass is 16.3. The Morgan fingerprint density at radius 3 is 2.50 bits per heavy atom. The Hall–Kier alpha value is -1.60. The average molecular weight is 266 g/mol. The Morgan fingerprint density at radius 2 is 1.85 bits per heavy atom. The Labute approximate surface area is 121 Å². The normalized spacial score (nSPS) is 31.9. The van der Waals surface area contributed by atoms with E-state index in [1.807, 2.05) is 0 Å². The molecule has 1 aromatic rings. The number of aliphatic hydroxyl groups excluding tert-OH is 1. The zero-order chi connectivity index (χ0) is 14.3.